The molecule has 108 valence electrons. The smallest absolute Gasteiger partial charge is 0.106 e. The zero-order valence-corrected chi connectivity index (χ0v) is 11.6. The first-order valence-corrected chi connectivity index (χ1v) is 6.71. The fourth-order valence-electron chi connectivity index (χ4n) is 2.30. The van der Waals surface area contributed by atoms with Gasteiger partial charge >= 0.3 is 0 Å². The van der Waals surface area contributed by atoms with E-state index in [-0.39, 0.29) is 5.60 Å². The van der Waals surface area contributed by atoms with Crippen LogP contribution in [-0.2, 0) is 9.47 Å². The largest absolute Gasteiger partial charge is 0.387 e. The molecule has 0 bridgehead atoms. The Morgan fingerprint density at radius 1 is 1.50 bits per heavy atom. The lowest BCUT2D eigenvalue weighted by atomic mass is 10.0. The van der Waals surface area contributed by atoms with Crippen LogP contribution < -0.4 is 5.32 Å². The van der Waals surface area contributed by atoms with Gasteiger partial charge in [-0.05, 0) is 17.7 Å². The molecule has 1 aliphatic rings. The Morgan fingerprint density at radius 3 is 2.80 bits per heavy atom. The fraction of sp³-hybridized carbons (Fsp3) is 0.533. The van der Waals surface area contributed by atoms with Gasteiger partial charge in [0.1, 0.15) is 5.60 Å². The normalized spacial score (nSPS) is 23.4. The van der Waals surface area contributed by atoms with E-state index in [1.165, 1.54) is 0 Å². The molecule has 2 N–H and O–H groups in total. The van der Waals surface area contributed by atoms with Gasteiger partial charge < -0.3 is 19.9 Å². The summed E-state index contributed by atoms with van der Waals surface area (Å²) in [6, 6.07) is 9.02. The third-order valence-corrected chi connectivity index (χ3v) is 3.71. The number of nitrogens with zero attached hydrogens (tertiary/aromatic N) is 1. The molecule has 1 heterocycles. The van der Waals surface area contributed by atoms with Crippen molar-refractivity contribution in [1.82, 2.24) is 5.32 Å². The van der Waals surface area contributed by atoms with Crippen molar-refractivity contribution in [2.24, 2.45) is 0 Å². The molecule has 2 atom stereocenters. The van der Waals surface area contributed by atoms with Gasteiger partial charge in [-0.1, -0.05) is 12.1 Å². The number of nitrogens with one attached hydrogen (secondary N) is 1. The summed E-state index contributed by atoms with van der Waals surface area (Å²) in [6.45, 7) is 2.39. The van der Waals surface area contributed by atoms with Crippen LogP contribution in [0, 0.1) is 11.3 Å². The van der Waals surface area contributed by atoms with Gasteiger partial charge in [-0.25, -0.2) is 0 Å². The number of ether oxygens (including phenoxy) is 2. The molecule has 2 unspecified atom stereocenters. The second-order valence-electron chi connectivity index (χ2n) is 5.07. The Kier molecular flexibility index (Phi) is 5.10. The Bertz CT molecular complexity index is 461. The van der Waals surface area contributed by atoms with Crippen LogP contribution in [0.1, 0.15) is 23.7 Å². The summed E-state index contributed by atoms with van der Waals surface area (Å²) in [4.78, 5) is 0. The Hall–Kier alpha value is -1.45. The van der Waals surface area contributed by atoms with Crippen LogP contribution in [0.2, 0.25) is 0 Å². The van der Waals surface area contributed by atoms with E-state index in [2.05, 4.69) is 11.4 Å². The number of benzene rings is 1. The molecule has 5 nitrogen and oxygen atoms in total. The minimum absolute atomic E-state index is 0.273. The summed E-state index contributed by atoms with van der Waals surface area (Å²) in [7, 11) is 1.69. The van der Waals surface area contributed by atoms with Crippen molar-refractivity contribution < 1.29 is 14.6 Å². The first-order chi connectivity index (χ1) is 9.69. The highest BCUT2D eigenvalue weighted by Gasteiger charge is 2.34. The molecule has 0 radical (unpaired) electrons. The van der Waals surface area contributed by atoms with E-state index < -0.39 is 6.10 Å². The lowest BCUT2D eigenvalue weighted by Gasteiger charge is -2.26. The first kappa shape index (κ1) is 14.9. The molecule has 5 heteroatoms. The van der Waals surface area contributed by atoms with E-state index in [0.717, 1.165) is 12.0 Å². The minimum Gasteiger partial charge on any atom is -0.387 e. The second-order valence-corrected chi connectivity index (χ2v) is 5.07. The van der Waals surface area contributed by atoms with Crippen molar-refractivity contribution in [2.75, 3.05) is 33.4 Å². The summed E-state index contributed by atoms with van der Waals surface area (Å²) in [5, 5.41) is 22.1. The van der Waals surface area contributed by atoms with Crippen LogP contribution in [0.25, 0.3) is 0 Å². The summed E-state index contributed by atoms with van der Waals surface area (Å²) >= 11 is 0. The van der Waals surface area contributed by atoms with Gasteiger partial charge in [0.2, 0.25) is 0 Å². The van der Waals surface area contributed by atoms with E-state index >= 15 is 0 Å². The van der Waals surface area contributed by atoms with Crippen molar-refractivity contribution in [1.29, 1.82) is 5.26 Å². The van der Waals surface area contributed by atoms with Crippen LogP contribution in [0.5, 0.6) is 0 Å². The van der Waals surface area contributed by atoms with Gasteiger partial charge in [0.15, 0.2) is 0 Å². The zero-order chi connectivity index (χ0) is 14.4. The number of methoxy groups -OCH3 is 1. The number of aliphatic hydroxyl groups excluding tert-OH is 1. The number of aliphatic hydroxyl groups is 1. The molecule has 20 heavy (non-hydrogen) atoms. The van der Waals surface area contributed by atoms with Gasteiger partial charge in [0.05, 0.1) is 24.3 Å². The molecule has 1 aromatic carbocycles. The highest BCUT2D eigenvalue weighted by molar-refractivity contribution is 5.32. The van der Waals surface area contributed by atoms with Crippen LogP contribution in [0.4, 0.5) is 0 Å². The molecule has 1 fully saturated rings. The molecule has 1 aliphatic heterocycles. The van der Waals surface area contributed by atoms with Crippen LogP contribution >= 0.6 is 0 Å². The Morgan fingerprint density at radius 2 is 2.25 bits per heavy atom. The van der Waals surface area contributed by atoms with Crippen molar-refractivity contribution in [3.8, 4) is 6.07 Å². The Balaban J connectivity index is 1.82. The summed E-state index contributed by atoms with van der Waals surface area (Å²) in [6.07, 6.45) is 0.266. The molecule has 1 saturated heterocycles. The monoisotopic (exact) mass is 276 g/mol. The van der Waals surface area contributed by atoms with E-state index in [9.17, 15) is 5.11 Å². The highest BCUT2D eigenvalue weighted by atomic mass is 16.5. The average Bonchev–Trinajstić information content (AvgIpc) is 2.96. The molecule has 1 aromatic rings. The zero-order valence-electron chi connectivity index (χ0n) is 11.6. The van der Waals surface area contributed by atoms with Gasteiger partial charge in [0, 0.05) is 33.2 Å². The quantitative estimate of drug-likeness (QED) is 0.810. The molecule has 0 spiro atoms. The third-order valence-electron chi connectivity index (χ3n) is 3.71. The number of hydrogen-bond donors (Lipinski definition) is 2. The maximum Gasteiger partial charge on any atom is 0.106 e. The van der Waals surface area contributed by atoms with E-state index in [1.54, 1.807) is 31.4 Å². The number of rotatable bonds is 6. The van der Waals surface area contributed by atoms with Crippen molar-refractivity contribution in [3.63, 3.8) is 0 Å². The minimum atomic E-state index is -0.598. The summed E-state index contributed by atoms with van der Waals surface area (Å²) in [5.74, 6) is 0. The standard InChI is InChI=1S/C15H20N2O3/c1-19-15(6-7-20-11-15)10-17-9-14(18)13-4-2-12(8-16)3-5-13/h2-5,14,17-18H,6-7,9-11H2,1H3. The molecule has 0 aliphatic carbocycles. The third kappa shape index (κ3) is 3.56. The average molecular weight is 276 g/mol. The van der Waals surface area contributed by atoms with Gasteiger partial charge in [0.25, 0.3) is 0 Å². The van der Waals surface area contributed by atoms with Gasteiger partial charge in [-0.15, -0.1) is 0 Å². The van der Waals surface area contributed by atoms with Crippen LogP contribution in [0.3, 0.4) is 0 Å². The lowest BCUT2D eigenvalue weighted by Crippen LogP contribution is -2.44. The number of nitriles is 1. The van der Waals surface area contributed by atoms with Gasteiger partial charge in [-0.2, -0.15) is 5.26 Å². The highest BCUT2D eigenvalue weighted by Crippen LogP contribution is 2.21. The molecule has 0 amide bonds. The molecule has 0 aromatic heterocycles. The SMILES string of the molecule is COC1(CNCC(O)c2ccc(C#N)cc2)CCOC1. The molecular weight excluding hydrogens is 256 g/mol. The maximum atomic E-state index is 10.1. The van der Waals surface area contributed by atoms with Crippen molar-refractivity contribution >= 4 is 0 Å². The predicted octanol–water partition coefficient (Wildman–Crippen LogP) is 0.987. The lowest BCUT2D eigenvalue weighted by molar-refractivity contribution is -0.0173. The molecule has 0 saturated carbocycles. The van der Waals surface area contributed by atoms with E-state index in [1.807, 2.05) is 0 Å². The van der Waals surface area contributed by atoms with Crippen molar-refractivity contribution in [2.45, 2.75) is 18.1 Å². The summed E-state index contributed by atoms with van der Waals surface area (Å²) in [5.41, 5.74) is 1.12. The van der Waals surface area contributed by atoms with Gasteiger partial charge in [-0.3, -0.25) is 0 Å². The predicted molar refractivity (Wildman–Crippen MR) is 74.2 cm³/mol. The van der Waals surface area contributed by atoms with Crippen LogP contribution in [0.15, 0.2) is 24.3 Å². The first-order valence-electron chi connectivity index (χ1n) is 6.71. The van der Waals surface area contributed by atoms with E-state index in [0.29, 0.717) is 31.9 Å². The maximum absolute atomic E-state index is 10.1. The van der Waals surface area contributed by atoms with Crippen molar-refractivity contribution in [3.05, 3.63) is 35.4 Å². The molecule has 2 rings (SSSR count). The fourth-order valence-corrected chi connectivity index (χ4v) is 2.30. The summed E-state index contributed by atoms with van der Waals surface area (Å²) < 4.78 is 10.9. The molecular formula is C15H20N2O3. The van der Waals surface area contributed by atoms with Crippen LogP contribution in [-0.4, -0.2) is 44.1 Å². The topological polar surface area (TPSA) is 74.5 Å². The number of hydrogen-bond acceptors (Lipinski definition) is 5. The second kappa shape index (κ2) is 6.82. The Labute approximate surface area is 119 Å². The van der Waals surface area contributed by atoms with E-state index in [4.69, 9.17) is 14.7 Å².